The summed E-state index contributed by atoms with van der Waals surface area (Å²) in [5, 5.41) is 4.31. The molecule has 5 nitrogen and oxygen atoms in total. The Labute approximate surface area is 114 Å². The summed E-state index contributed by atoms with van der Waals surface area (Å²) in [6.45, 7) is 6.17. The highest BCUT2D eigenvalue weighted by atomic mass is 16.5. The lowest BCUT2D eigenvalue weighted by molar-refractivity contribution is -0.133. The molecule has 2 rings (SSSR count). The minimum atomic E-state index is 0.220. The first-order valence-corrected chi connectivity index (χ1v) is 6.80. The van der Waals surface area contributed by atoms with Crippen LogP contribution in [-0.4, -0.2) is 40.8 Å². The lowest BCUT2D eigenvalue weighted by atomic mass is 9.96. The van der Waals surface area contributed by atoms with Crippen LogP contribution in [0.1, 0.15) is 37.4 Å². The van der Waals surface area contributed by atoms with Gasteiger partial charge in [-0.05, 0) is 5.92 Å². The topological polar surface area (TPSA) is 47.4 Å². The summed E-state index contributed by atoms with van der Waals surface area (Å²) < 4.78 is 7.20. The number of methoxy groups -OCH3 is 1. The van der Waals surface area contributed by atoms with Crippen LogP contribution in [0, 0.1) is 5.92 Å². The third kappa shape index (κ3) is 2.97. The molecule has 0 aliphatic carbocycles. The van der Waals surface area contributed by atoms with Gasteiger partial charge in [0.25, 0.3) is 0 Å². The maximum Gasteiger partial charge on any atom is 0.223 e. The zero-order valence-electron chi connectivity index (χ0n) is 12.2. The molecule has 1 aromatic rings. The number of aromatic nitrogens is 2. The third-order valence-electron chi connectivity index (χ3n) is 3.56. The summed E-state index contributed by atoms with van der Waals surface area (Å²) in [6.07, 6.45) is 2.47. The summed E-state index contributed by atoms with van der Waals surface area (Å²) in [6, 6.07) is 0. The van der Waals surface area contributed by atoms with Crippen molar-refractivity contribution in [2.75, 3.05) is 20.3 Å². The van der Waals surface area contributed by atoms with Crippen LogP contribution in [0.4, 0.5) is 0 Å². The van der Waals surface area contributed by atoms with Crippen LogP contribution >= 0.6 is 0 Å². The molecule has 1 aliphatic heterocycles. The maximum atomic E-state index is 12.2. The number of ether oxygens (including phenoxy) is 1. The van der Waals surface area contributed by atoms with Crippen molar-refractivity contribution < 1.29 is 9.53 Å². The number of nitrogens with zero attached hydrogens (tertiary/aromatic N) is 3. The van der Waals surface area contributed by atoms with E-state index in [0.717, 1.165) is 12.1 Å². The van der Waals surface area contributed by atoms with Gasteiger partial charge in [0.2, 0.25) is 5.91 Å². The van der Waals surface area contributed by atoms with Gasteiger partial charge < -0.3 is 9.64 Å². The van der Waals surface area contributed by atoms with Gasteiger partial charge in [0.15, 0.2) is 0 Å². The molecule has 0 unspecified atom stereocenters. The van der Waals surface area contributed by atoms with Crippen molar-refractivity contribution in [3.05, 3.63) is 17.5 Å². The Balaban J connectivity index is 2.18. The van der Waals surface area contributed by atoms with E-state index in [1.165, 1.54) is 5.69 Å². The van der Waals surface area contributed by atoms with Crippen molar-refractivity contribution in [3.63, 3.8) is 0 Å². The monoisotopic (exact) mass is 265 g/mol. The van der Waals surface area contributed by atoms with Crippen LogP contribution in [0.2, 0.25) is 0 Å². The molecule has 0 bridgehead atoms. The zero-order chi connectivity index (χ0) is 14.0. The molecule has 1 atom stereocenters. The summed E-state index contributed by atoms with van der Waals surface area (Å²) in [5.41, 5.74) is 2.35. The Bertz CT molecular complexity index is 454. The molecule has 0 saturated heterocycles. The van der Waals surface area contributed by atoms with Crippen LogP contribution in [0.15, 0.2) is 6.20 Å². The van der Waals surface area contributed by atoms with Crippen LogP contribution in [-0.2, 0) is 23.1 Å². The molecule has 0 N–H and O–H groups in total. The van der Waals surface area contributed by atoms with Gasteiger partial charge in [0.05, 0.1) is 18.5 Å². The van der Waals surface area contributed by atoms with E-state index >= 15 is 0 Å². The summed E-state index contributed by atoms with van der Waals surface area (Å²) >= 11 is 0. The predicted molar refractivity (Wildman–Crippen MR) is 72.7 cm³/mol. The van der Waals surface area contributed by atoms with Crippen LogP contribution in [0.5, 0.6) is 0 Å². The highest BCUT2D eigenvalue weighted by Crippen LogP contribution is 2.28. The largest absolute Gasteiger partial charge is 0.384 e. The first-order chi connectivity index (χ1) is 9.02. The Morgan fingerprint density at radius 1 is 1.58 bits per heavy atom. The van der Waals surface area contributed by atoms with E-state index in [2.05, 4.69) is 18.9 Å². The van der Waals surface area contributed by atoms with Crippen molar-refractivity contribution in [1.82, 2.24) is 14.7 Å². The van der Waals surface area contributed by atoms with E-state index < -0.39 is 0 Å². The molecule has 1 aromatic heterocycles. The summed E-state index contributed by atoms with van der Waals surface area (Å²) in [4.78, 5) is 14.2. The second-order valence-electron chi connectivity index (χ2n) is 5.70. The number of hydrogen-bond acceptors (Lipinski definition) is 3. The highest BCUT2D eigenvalue weighted by Gasteiger charge is 2.30. The molecule has 2 heterocycles. The summed E-state index contributed by atoms with van der Waals surface area (Å²) in [7, 11) is 3.65. The van der Waals surface area contributed by atoms with E-state index in [-0.39, 0.29) is 11.8 Å². The predicted octanol–water partition coefficient (Wildman–Crippen LogP) is 1.54. The molecule has 0 fully saturated rings. The number of fused-ring (bicyclic) bond motifs is 1. The smallest absolute Gasteiger partial charge is 0.223 e. The van der Waals surface area contributed by atoms with Crippen molar-refractivity contribution >= 4 is 5.91 Å². The van der Waals surface area contributed by atoms with Gasteiger partial charge >= 0.3 is 0 Å². The van der Waals surface area contributed by atoms with Gasteiger partial charge in [-0.25, -0.2) is 0 Å². The highest BCUT2D eigenvalue weighted by molar-refractivity contribution is 5.76. The molecule has 1 amide bonds. The quantitative estimate of drug-likeness (QED) is 0.829. The van der Waals surface area contributed by atoms with Crippen molar-refractivity contribution in [3.8, 4) is 0 Å². The number of carbonyl (C=O) groups is 1. The number of aryl methyl sites for hydroxylation is 1. The first-order valence-electron chi connectivity index (χ1n) is 6.80. The first kappa shape index (κ1) is 14.1. The Morgan fingerprint density at radius 2 is 2.32 bits per heavy atom. The van der Waals surface area contributed by atoms with Gasteiger partial charge in [0, 0.05) is 45.1 Å². The molecule has 0 aromatic carbocycles. The Kier molecular flexibility index (Phi) is 4.24. The maximum absolute atomic E-state index is 12.2. The van der Waals surface area contributed by atoms with Crippen LogP contribution in [0.3, 0.4) is 0 Å². The Morgan fingerprint density at radius 3 is 2.95 bits per heavy atom. The molecule has 1 aliphatic rings. The van der Waals surface area contributed by atoms with Crippen molar-refractivity contribution in [2.45, 2.75) is 32.7 Å². The second-order valence-corrected chi connectivity index (χ2v) is 5.70. The number of rotatable bonds is 4. The fourth-order valence-corrected chi connectivity index (χ4v) is 2.76. The van der Waals surface area contributed by atoms with Crippen molar-refractivity contribution in [1.29, 1.82) is 0 Å². The SMILES string of the molecule is COC[C@H]1CN(C(=O)CC(C)C)Cc2cnn(C)c21. The molecule has 0 radical (unpaired) electrons. The average molecular weight is 265 g/mol. The normalized spacial score (nSPS) is 18.8. The summed E-state index contributed by atoms with van der Waals surface area (Å²) in [5.74, 6) is 0.839. The standard InChI is InChI=1S/C14H23N3O2/c1-10(2)5-13(18)17-7-11-6-15-16(3)14(11)12(8-17)9-19-4/h6,10,12H,5,7-9H2,1-4H3/t12-/m1/s1. The van der Waals surface area contributed by atoms with Gasteiger partial charge in [0.1, 0.15) is 0 Å². The van der Waals surface area contributed by atoms with E-state index in [1.807, 2.05) is 22.8 Å². The molecule has 0 spiro atoms. The number of carbonyl (C=O) groups excluding carboxylic acids is 1. The molecular weight excluding hydrogens is 242 g/mol. The van der Waals surface area contributed by atoms with Crippen molar-refractivity contribution in [2.24, 2.45) is 13.0 Å². The van der Waals surface area contributed by atoms with E-state index in [9.17, 15) is 4.79 Å². The average Bonchev–Trinajstić information content (AvgIpc) is 2.71. The lowest BCUT2D eigenvalue weighted by Gasteiger charge is -2.33. The second kappa shape index (κ2) is 5.74. The van der Waals surface area contributed by atoms with E-state index in [4.69, 9.17) is 4.74 Å². The minimum Gasteiger partial charge on any atom is -0.384 e. The van der Waals surface area contributed by atoms with Gasteiger partial charge in [-0.1, -0.05) is 13.8 Å². The van der Waals surface area contributed by atoms with E-state index in [0.29, 0.717) is 25.5 Å². The van der Waals surface area contributed by atoms with Crippen LogP contribution in [0.25, 0.3) is 0 Å². The number of amides is 1. The zero-order valence-corrected chi connectivity index (χ0v) is 12.2. The molecule has 0 saturated carbocycles. The van der Waals surface area contributed by atoms with Gasteiger partial charge in [-0.2, -0.15) is 5.10 Å². The third-order valence-corrected chi connectivity index (χ3v) is 3.56. The molecule has 19 heavy (non-hydrogen) atoms. The van der Waals surface area contributed by atoms with Crippen LogP contribution < -0.4 is 0 Å². The fourth-order valence-electron chi connectivity index (χ4n) is 2.76. The van der Waals surface area contributed by atoms with Gasteiger partial charge in [-0.15, -0.1) is 0 Å². The molecule has 106 valence electrons. The lowest BCUT2D eigenvalue weighted by Crippen LogP contribution is -2.40. The van der Waals surface area contributed by atoms with Gasteiger partial charge in [-0.3, -0.25) is 9.48 Å². The number of hydrogen-bond donors (Lipinski definition) is 0. The minimum absolute atomic E-state index is 0.220. The fraction of sp³-hybridized carbons (Fsp3) is 0.714. The molecular formula is C14H23N3O2. The molecule has 5 heteroatoms. The van der Waals surface area contributed by atoms with E-state index in [1.54, 1.807) is 7.11 Å². The Hall–Kier alpha value is -1.36.